The number of carbonyl (C=O) groups is 1. The Morgan fingerprint density at radius 3 is 2.24 bits per heavy atom. The largest absolute Gasteiger partial charge is 0.443 e. The van der Waals surface area contributed by atoms with E-state index in [2.05, 4.69) is 123 Å². The van der Waals surface area contributed by atoms with Crippen LogP contribution in [0.15, 0.2) is 120 Å². The molecule has 338 valence electrons. The molecule has 4 aromatic rings. The third kappa shape index (κ3) is 11.4. The Bertz CT molecular complexity index is 2660. The van der Waals surface area contributed by atoms with Crippen molar-refractivity contribution in [2.75, 3.05) is 41.9 Å². The van der Waals surface area contributed by atoms with Gasteiger partial charge in [-0.3, -0.25) is 9.45 Å². The van der Waals surface area contributed by atoms with Crippen molar-refractivity contribution < 1.29 is 30.9 Å². The lowest BCUT2D eigenvalue weighted by molar-refractivity contribution is 0.0356. The van der Waals surface area contributed by atoms with E-state index < -0.39 is 37.9 Å². The van der Waals surface area contributed by atoms with E-state index in [-0.39, 0.29) is 16.9 Å². The zero-order chi connectivity index (χ0) is 45.7. The fraction of sp³-hybridized carbons (Fsp3) is 0.431. The highest BCUT2D eigenvalue weighted by Gasteiger charge is 2.41. The molecule has 2 aliphatic rings. The molecule has 12 heteroatoms. The lowest BCUT2D eigenvalue weighted by Crippen LogP contribution is -2.34. The van der Waals surface area contributed by atoms with Crippen molar-refractivity contribution in [3.8, 4) is 0 Å². The zero-order valence-corrected chi connectivity index (χ0v) is 39.9. The number of rotatable bonds is 17. The number of unbranched alkanes of at least 4 members (excludes halogenated alkanes) is 2. The van der Waals surface area contributed by atoms with Crippen LogP contribution in [0.3, 0.4) is 0 Å². The van der Waals surface area contributed by atoms with Crippen molar-refractivity contribution in [3.05, 3.63) is 131 Å². The van der Waals surface area contributed by atoms with Gasteiger partial charge in [0.2, 0.25) is 0 Å². The molecule has 1 aliphatic carbocycles. The van der Waals surface area contributed by atoms with E-state index in [0.29, 0.717) is 32.4 Å². The number of benzene rings is 4. The monoisotopic (exact) mass is 895 g/mol. The highest BCUT2D eigenvalue weighted by molar-refractivity contribution is 7.85. The van der Waals surface area contributed by atoms with E-state index in [4.69, 9.17) is 4.74 Å². The van der Waals surface area contributed by atoms with Crippen LogP contribution in [0.25, 0.3) is 21.5 Å². The van der Waals surface area contributed by atoms with Crippen LogP contribution in [0.5, 0.6) is 0 Å². The van der Waals surface area contributed by atoms with Crippen LogP contribution in [-0.2, 0) is 36.4 Å². The topological polar surface area (TPSA) is 133 Å². The van der Waals surface area contributed by atoms with Crippen LogP contribution in [0.2, 0.25) is 0 Å². The minimum atomic E-state index is -4.07. The van der Waals surface area contributed by atoms with Crippen molar-refractivity contribution >= 4 is 59.8 Å². The maximum atomic E-state index is 13.8. The van der Waals surface area contributed by atoms with Crippen molar-refractivity contribution in [3.63, 3.8) is 0 Å². The second-order valence-corrected chi connectivity index (χ2v) is 21.7. The number of nitrogens with zero attached hydrogens (tertiary/aromatic N) is 2. The molecule has 10 nitrogen and oxygen atoms in total. The third-order valence-corrected chi connectivity index (χ3v) is 13.6. The Kier molecular flexibility index (Phi) is 14.7. The molecule has 0 saturated carbocycles. The molecule has 0 fully saturated rings. The first-order valence-corrected chi connectivity index (χ1v) is 25.1. The van der Waals surface area contributed by atoms with Crippen LogP contribution >= 0.6 is 0 Å². The molecule has 2 N–H and O–H groups in total. The Hall–Kier alpha value is -4.91. The van der Waals surface area contributed by atoms with E-state index in [1.165, 1.54) is 21.9 Å². The number of carbonyl (C=O) groups excluding carboxylic acids is 1. The first-order chi connectivity index (χ1) is 29.7. The molecule has 0 aromatic heterocycles. The Morgan fingerprint density at radius 2 is 1.56 bits per heavy atom. The number of likely N-dealkylation sites (N-methyl/N-ethyl adjacent to an activating group) is 1. The number of ether oxygens (including phenoxy) is 1. The quantitative estimate of drug-likeness (QED) is 0.0538. The number of amides is 1. The van der Waals surface area contributed by atoms with Gasteiger partial charge in [-0.1, -0.05) is 107 Å². The number of fused-ring (bicyclic) bond motifs is 4. The normalized spacial score (nSPS) is 17.0. The molecule has 0 radical (unpaired) electrons. The number of hydrogen-bond acceptors (Lipinski definition) is 8. The average Bonchev–Trinajstić information content (AvgIpc) is 3.70. The molecule has 1 heterocycles. The molecule has 0 saturated heterocycles. The molecule has 0 spiro atoms. The number of thiol groups is 1. The van der Waals surface area contributed by atoms with Gasteiger partial charge in [0.15, 0.2) is 0 Å². The van der Waals surface area contributed by atoms with Crippen LogP contribution in [0, 0.1) is 0 Å². The minimum absolute atomic E-state index is 0.192. The predicted octanol–water partition coefficient (Wildman–Crippen LogP) is 11.2. The van der Waals surface area contributed by atoms with Gasteiger partial charge in [0, 0.05) is 48.4 Å². The van der Waals surface area contributed by atoms with Crippen LogP contribution in [0.1, 0.15) is 105 Å². The molecule has 0 atom stereocenters. The zero-order valence-electron chi connectivity index (χ0n) is 38.2. The van der Waals surface area contributed by atoms with Crippen molar-refractivity contribution in [1.82, 2.24) is 4.90 Å². The first kappa shape index (κ1) is 47.6. The molecule has 0 bridgehead atoms. The Labute approximate surface area is 376 Å². The van der Waals surface area contributed by atoms with Crippen molar-refractivity contribution in [2.24, 2.45) is 0 Å². The number of nitrogens with one attached hydrogen (secondary N) is 1. The van der Waals surface area contributed by atoms with E-state index >= 15 is 0 Å². The summed E-state index contributed by atoms with van der Waals surface area (Å²) in [5.41, 5.74) is 7.09. The van der Waals surface area contributed by atoms with E-state index in [0.717, 1.165) is 70.4 Å². The summed E-state index contributed by atoms with van der Waals surface area (Å²) in [7, 11) is -4.67. The lowest BCUT2D eigenvalue weighted by atomic mass is 9.77. The van der Waals surface area contributed by atoms with Gasteiger partial charge in [0.25, 0.3) is 10.1 Å². The summed E-state index contributed by atoms with van der Waals surface area (Å²) in [6.45, 7) is 15.8. The smallest absolute Gasteiger partial charge is 0.414 e. The van der Waals surface area contributed by atoms with E-state index in [1.807, 2.05) is 32.9 Å². The van der Waals surface area contributed by atoms with Crippen LogP contribution in [0.4, 0.5) is 16.2 Å². The maximum absolute atomic E-state index is 13.8. The standard InChI is InChI=1S/C51H65N3O7S2/c1-49(2,3)61-48(55)53(8)47-38(20-17-31-50(4,5)45-40-21-11-9-18-36(40)25-28-42(45)52-32-13-15-34-62(56)57)23-24-39(47)27-30-44-51(6,7)46-41-22-12-10-19-37(41)26-29-43(46)54(44)33-14-16-35-63(58,59)60/h9-12,17-22,25-30,52,62H,13-16,23-24,31-35H2,1-8H3,(H,58,59,60)/b20-17+,39-27+,44-30+. The molecule has 4 aromatic carbocycles. The van der Waals surface area contributed by atoms with Gasteiger partial charge >= 0.3 is 6.09 Å². The van der Waals surface area contributed by atoms with Gasteiger partial charge in [0.1, 0.15) is 16.3 Å². The van der Waals surface area contributed by atoms with E-state index in [1.54, 1.807) is 11.9 Å². The van der Waals surface area contributed by atoms with Gasteiger partial charge in [-0.05, 0) is 133 Å². The minimum Gasteiger partial charge on any atom is -0.443 e. The van der Waals surface area contributed by atoms with Crippen LogP contribution in [-0.4, -0.2) is 69.6 Å². The molecular weight excluding hydrogens is 831 g/mol. The highest BCUT2D eigenvalue weighted by Crippen LogP contribution is 2.51. The van der Waals surface area contributed by atoms with Crippen molar-refractivity contribution in [1.29, 1.82) is 0 Å². The van der Waals surface area contributed by atoms with Gasteiger partial charge in [-0.2, -0.15) is 8.42 Å². The van der Waals surface area contributed by atoms with Gasteiger partial charge in [0.05, 0.1) is 11.4 Å². The average molecular weight is 896 g/mol. The number of allylic oxidation sites excluding steroid dienone is 7. The molecule has 6 rings (SSSR count). The molecule has 1 aliphatic heterocycles. The van der Waals surface area contributed by atoms with Gasteiger partial charge in [-0.25, -0.2) is 13.2 Å². The molecule has 1 amide bonds. The molecule has 0 unspecified atom stereocenters. The summed E-state index contributed by atoms with van der Waals surface area (Å²) in [4.78, 5) is 17.7. The van der Waals surface area contributed by atoms with E-state index in [9.17, 15) is 26.2 Å². The maximum Gasteiger partial charge on any atom is 0.414 e. The van der Waals surface area contributed by atoms with Crippen LogP contribution < -0.4 is 10.2 Å². The second-order valence-electron chi connectivity index (χ2n) is 19.0. The Morgan fingerprint density at radius 1 is 0.889 bits per heavy atom. The SMILES string of the molecule is CN(C(=O)OC(C)(C)C)C1=C(/C=C/CC(C)(C)c2c(NCCCC[SH](=O)=O)ccc3ccccc23)CC/C1=C\C=C1\N(CCCCS(=O)(=O)O)c2ccc3ccccc3c2C1(C)C. The highest BCUT2D eigenvalue weighted by atomic mass is 32.2. The second kappa shape index (κ2) is 19.5. The third-order valence-electron chi connectivity index (χ3n) is 12.1. The van der Waals surface area contributed by atoms with Gasteiger partial charge in [-0.15, -0.1) is 0 Å². The number of anilines is 2. The fourth-order valence-corrected chi connectivity index (χ4v) is 10.3. The first-order valence-electron chi connectivity index (χ1n) is 22.1. The number of hydrogen-bond donors (Lipinski definition) is 3. The molecule has 63 heavy (non-hydrogen) atoms. The summed E-state index contributed by atoms with van der Waals surface area (Å²) in [5.74, 6) is -0.0939. The fourth-order valence-electron chi connectivity index (χ4n) is 9.23. The lowest BCUT2D eigenvalue weighted by Gasteiger charge is -2.29. The summed E-state index contributed by atoms with van der Waals surface area (Å²) < 4.78 is 60.8. The predicted molar refractivity (Wildman–Crippen MR) is 260 cm³/mol. The summed E-state index contributed by atoms with van der Waals surface area (Å²) >= 11 is 0. The van der Waals surface area contributed by atoms with Crippen molar-refractivity contribution in [2.45, 2.75) is 110 Å². The summed E-state index contributed by atoms with van der Waals surface area (Å²) in [5, 5.41) is 8.26. The van der Waals surface area contributed by atoms with Gasteiger partial charge < -0.3 is 15.0 Å². The summed E-state index contributed by atoms with van der Waals surface area (Å²) in [6.07, 6.45) is 12.7. The molecular formula is C51H65N3O7S2. The summed E-state index contributed by atoms with van der Waals surface area (Å²) in [6, 6.07) is 25.3. The Balaban J connectivity index is 1.36.